The van der Waals surface area contributed by atoms with E-state index in [2.05, 4.69) is 4.98 Å². The molecule has 0 bridgehead atoms. The summed E-state index contributed by atoms with van der Waals surface area (Å²) >= 11 is 0. The lowest BCUT2D eigenvalue weighted by atomic mass is 9.80. The van der Waals surface area contributed by atoms with Gasteiger partial charge in [0.1, 0.15) is 17.5 Å². The van der Waals surface area contributed by atoms with Gasteiger partial charge in [0, 0.05) is 11.5 Å². The van der Waals surface area contributed by atoms with Crippen molar-refractivity contribution in [1.29, 1.82) is 5.26 Å². The van der Waals surface area contributed by atoms with Gasteiger partial charge in [-0.05, 0) is 31.4 Å². The zero-order chi connectivity index (χ0) is 14.2. The van der Waals surface area contributed by atoms with E-state index in [-0.39, 0.29) is 5.69 Å². The fourth-order valence-corrected chi connectivity index (χ4v) is 2.35. The Bertz CT molecular complexity index is 729. The molecule has 5 nitrogen and oxygen atoms in total. The summed E-state index contributed by atoms with van der Waals surface area (Å²) in [6.07, 6.45) is 1.81. The topological polar surface area (TPSA) is 83.2 Å². The number of pyridine rings is 1. The summed E-state index contributed by atoms with van der Waals surface area (Å²) in [5, 5.41) is 19.1. The molecule has 1 aliphatic carbocycles. The molecule has 100 valence electrons. The van der Waals surface area contributed by atoms with Crippen LogP contribution in [0.4, 0.5) is 0 Å². The van der Waals surface area contributed by atoms with E-state index in [1.807, 2.05) is 24.3 Å². The molecule has 0 spiro atoms. The van der Waals surface area contributed by atoms with Gasteiger partial charge in [-0.1, -0.05) is 12.1 Å². The molecule has 1 aromatic carbocycles. The highest BCUT2D eigenvalue weighted by Crippen LogP contribution is 2.39. The number of carbonyl (C=O) groups is 1. The summed E-state index contributed by atoms with van der Waals surface area (Å²) in [5.41, 5.74) is -0.309. The standard InChI is InChI=1S/C15H12N2O3/c16-9-10-8-13(11-4-1-2-5-12(11)17-10)20-15(14(18)19)6-3-7-15/h1-2,4-5,8H,3,6-7H2,(H,18,19). The number of hydrogen-bond donors (Lipinski definition) is 1. The molecule has 1 saturated carbocycles. The van der Waals surface area contributed by atoms with Crippen LogP contribution in [-0.2, 0) is 4.79 Å². The molecule has 5 heteroatoms. The van der Waals surface area contributed by atoms with Crippen LogP contribution in [0.5, 0.6) is 5.75 Å². The van der Waals surface area contributed by atoms with Crippen molar-refractivity contribution in [2.24, 2.45) is 0 Å². The molecule has 0 amide bonds. The van der Waals surface area contributed by atoms with Crippen LogP contribution in [0.1, 0.15) is 25.0 Å². The lowest BCUT2D eigenvalue weighted by molar-refractivity contribution is -0.163. The van der Waals surface area contributed by atoms with Crippen molar-refractivity contribution < 1.29 is 14.6 Å². The summed E-state index contributed by atoms with van der Waals surface area (Å²) < 4.78 is 5.76. The average molecular weight is 268 g/mol. The molecule has 3 rings (SSSR count). The van der Waals surface area contributed by atoms with Crippen LogP contribution in [0.25, 0.3) is 10.9 Å². The van der Waals surface area contributed by atoms with E-state index >= 15 is 0 Å². The molecular weight excluding hydrogens is 256 g/mol. The highest BCUT2D eigenvalue weighted by atomic mass is 16.5. The first kappa shape index (κ1) is 12.4. The predicted molar refractivity (Wildman–Crippen MR) is 71.3 cm³/mol. The number of benzene rings is 1. The summed E-state index contributed by atoms with van der Waals surface area (Å²) in [5.74, 6) is -0.544. The molecule has 0 radical (unpaired) electrons. The van der Waals surface area contributed by atoms with E-state index in [1.165, 1.54) is 6.07 Å². The van der Waals surface area contributed by atoms with Crippen LogP contribution in [0.2, 0.25) is 0 Å². The number of hydrogen-bond acceptors (Lipinski definition) is 4. The Labute approximate surface area is 115 Å². The molecular formula is C15H12N2O3. The Morgan fingerprint density at radius 2 is 2.15 bits per heavy atom. The third kappa shape index (κ3) is 1.86. The molecule has 1 N–H and O–H groups in total. The van der Waals surface area contributed by atoms with Gasteiger partial charge in [0.15, 0.2) is 0 Å². The van der Waals surface area contributed by atoms with Crippen LogP contribution >= 0.6 is 0 Å². The minimum absolute atomic E-state index is 0.221. The summed E-state index contributed by atoms with van der Waals surface area (Å²) in [6.45, 7) is 0. The highest BCUT2D eigenvalue weighted by Gasteiger charge is 2.47. The van der Waals surface area contributed by atoms with E-state index < -0.39 is 11.6 Å². The maximum atomic E-state index is 11.4. The fourth-order valence-electron chi connectivity index (χ4n) is 2.35. The number of aromatic nitrogens is 1. The lowest BCUT2D eigenvalue weighted by Crippen LogP contribution is -2.50. The number of carboxylic acid groups (broad SMARTS) is 1. The van der Waals surface area contributed by atoms with Crippen LogP contribution in [0, 0.1) is 11.3 Å². The second-order valence-electron chi connectivity index (χ2n) is 4.89. The molecule has 1 aromatic heterocycles. The van der Waals surface area contributed by atoms with Crippen LogP contribution in [-0.4, -0.2) is 21.7 Å². The second kappa shape index (κ2) is 4.49. The second-order valence-corrected chi connectivity index (χ2v) is 4.89. The zero-order valence-electron chi connectivity index (χ0n) is 10.7. The van der Waals surface area contributed by atoms with Gasteiger partial charge in [-0.3, -0.25) is 0 Å². The van der Waals surface area contributed by atoms with Crippen molar-refractivity contribution in [2.45, 2.75) is 24.9 Å². The van der Waals surface area contributed by atoms with Gasteiger partial charge in [-0.2, -0.15) is 5.26 Å². The monoisotopic (exact) mass is 268 g/mol. The van der Waals surface area contributed by atoms with E-state index in [0.717, 1.165) is 11.8 Å². The van der Waals surface area contributed by atoms with Crippen LogP contribution < -0.4 is 4.74 Å². The Morgan fingerprint density at radius 3 is 2.75 bits per heavy atom. The number of carboxylic acids is 1. The summed E-state index contributed by atoms with van der Waals surface area (Å²) in [7, 11) is 0. The van der Waals surface area contributed by atoms with Crippen molar-refractivity contribution >= 4 is 16.9 Å². The first-order valence-electron chi connectivity index (χ1n) is 6.37. The Morgan fingerprint density at radius 1 is 1.40 bits per heavy atom. The molecule has 0 atom stereocenters. The van der Waals surface area contributed by atoms with Crippen molar-refractivity contribution in [2.75, 3.05) is 0 Å². The van der Waals surface area contributed by atoms with E-state index in [1.54, 1.807) is 6.07 Å². The summed E-state index contributed by atoms with van der Waals surface area (Å²) in [4.78, 5) is 15.6. The molecule has 1 aliphatic rings. The fraction of sp³-hybridized carbons (Fsp3) is 0.267. The van der Waals surface area contributed by atoms with Crippen molar-refractivity contribution in [3.8, 4) is 11.8 Å². The van der Waals surface area contributed by atoms with Gasteiger partial charge in [0.05, 0.1) is 5.52 Å². The first-order valence-corrected chi connectivity index (χ1v) is 6.37. The van der Waals surface area contributed by atoms with Gasteiger partial charge in [0.25, 0.3) is 0 Å². The minimum Gasteiger partial charge on any atom is -0.478 e. The Balaban J connectivity index is 2.11. The number of fused-ring (bicyclic) bond motifs is 1. The third-order valence-corrected chi connectivity index (χ3v) is 3.65. The third-order valence-electron chi connectivity index (χ3n) is 3.65. The maximum Gasteiger partial charge on any atom is 0.348 e. The number of para-hydroxylation sites is 1. The molecule has 0 unspecified atom stereocenters. The van der Waals surface area contributed by atoms with Crippen molar-refractivity contribution in [3.63, 3.8) is 0 Å². The highest BCUT2D eigenvalue weighted by molar-refractivity contribution is 5.87. The van der Waals surface area contributed by atoms with Crippen LogP contribution in [0.3, 0.4) is 0 Å². The molecule has 0 saturated heterocycles. The van der Waals surface area contributed by atoms with Crippen molar-refractivity contribution in [3.05, 3.63) is 36.0 Å². The number of nitrogens with zero attached hydrogens (tertiary/aromatic N) is 2. The zero-order valence-corrected chi connectivity index (χ0v) is 10.7. The molecule has 0 aliphatic heterocycles. The Kier molecular flexibility index (Phi) is 2.79. The number of nitriles is 1. The molecule has 2 aromatic rings. The number of aliphatic carboxylic acids is 1. The molecule has 20 heavy (non-hydrogen) atoms. The average Bonchev–Trinajstić information content (AvgIpc) is 2.41. The normalized spacial score (nSPS) is 16.1. The minimum atomic E-state index is -1.16. The van der Waals surface area contributed by atoms with E-state index in [9.17, 15) is 9.90 Å². The van der Waals surface area contributed by atoms with Gasteiger partial charge in [-0.25, -0.2) is 9.78 Å². The molecule has 1 fully saturated rings. The maximum absolute atomic E-state index is 11.4. The van der Waals surface area contributed by atoms with Gasteiger partial charge in [-0.15, -0.1) is 0 Å². The van der Waals surface area contributed by atoms with Gasteiger partial charge < -0.3 is 9.84 Å². The lowest BCUT2D eigenvalue weighted by Gasteiger charge is -2.37. The van der Waals surface area contributed by atoms with Gasteiger partial charge >= 0.3 is 5.97 Å². The first-order chi connectivity index (χ1) is 9.64. The predicted octanol–water partition coefficient (Wildman–Crippen LogP) is 2.49. The van der Waals surface area contributed by atoms with Crippen LogP contribution in [0.15, 0.2) is 30.3 Å². The quantitative estimate of drug-likeness (QED) is 0.924. The van der Waals surface area contributed by atoms with E-state index in [4.69, 9.17) is 10.00 Å². The SMILES string of the molecule is N#Cc1cc(OC2(C(=O)O)CCC2)c2ccccc2n1. The summed E-state index contributed by atoms with van der Waals surface area (Å²) in [6, 6.07) is 10.7. The van der Waals surface area contributed by atoms with Gasteiger partial charge in [0.2, 0.25) is 5.60 Å². The number of ether oxygens (including phenoxy) is 1. The van der Waals surface area contributed by atoms with E-state index in [0.29, 0.717) is 24.1 Å². The largest absolute Gasteiger partial charge is 0.478 e. The Hall–Kier alpha value is -2.61. The number of rotatable bonds is 3. The van der Waals surface area contributed by atoms with Crippen molar-refractivity contribution in [1.82, 2.24) is 4.98 Å². The molecule has 1 heterocycles. The smallest absolute Gasteiger partial charge is 0.348 e.